The van der Waals surface area contributed by atoms with Crippen LogP contribution in [0.1, 0.15) is 64.2 Å². The predicted molar refractivity (Wildman–Crippen MR) is 126 cm³/mol. The number of carbonyl (C=O) groups is 1. The summed E-state index contributed by atoms with van der Waals surface area (Å²) >= 11 is 0. The highest BCUT2D eigenvalue weighted by atomic mass is 32.3. The van der Waals surface area contributed by atoms with E-state index in [4.69, 9.17) is 0 Å². The molecule has 2 aliphatic heterocycles. The fraction of sp³-hybridized carbons (Fsp3) is 0.955. The van der Waals surface area contributed by atoms with Crippen molar-refractivity contribution in [3.05, 3.63) is 0 Å². The van der Waals surface area contributed by atoms with Gasteiger partial charge >= 0.3 is 10.5 Å². The lowest BCUT2D eigenvalue weighted by atomic mass is 9.84. The number of hydrogen-bond donors (Lipinski definition) is 6. The number of carbonyl (C=O) groups excluding carboxylic acids is 1. The van der Waals surface area contributed by atoms with Crippen LogP contribution in [0, 0.1) is 17.8 Å². The van der Waals surface area contributed by atoms with E-state index >= 15 is 0 Å². The monoisotopic (exact) mass is 504 g/mol. The predicted octanol–water partition coefficient (Wildman–Crippen LogP) is 0.390. The topological polar surface area (TPSA) is 133 Å². The Bertz CT molecular complexity index is 768. The van der Waals surface area contributed by atoms with Gasteiger partial charge in [-0.25, -0.2) is 15.0 Å². The maximum absolute atomic E-state index is 13.0. The smallest absolute Gasteiger partial charge is 0.355 e. The SMILES string of the molecule is O=C(NCC1CCCCC1OS(=O)(=O)F)C1CCCC(NCC2NNC(C3CCNCC3)N2)C1. The molecule has 10 nitrogen and oxygen atoms in total. The molecule has 1 amide bonds. The van der Waals surface area contributed by atoms with Crippen LogP contribution in [-0.4, -0.2) is 65.0 Å². The van der Waals surface area contributed by atoms with Gasteiger partial charge in [-0.1, -0.05) is 23.1 Å². The largest absolute Gasteiger partial charge is 0.437 e. The quantitative estimate of drug-likeness (QED) is 0.247. The fourth-order valence-corrected chi connectivity index (χ4v) is 6.54. The van der Waals surface area contributed by atoms with Gasteiger partial charge in [-0.05, 0) is 64.0 Å². The Hall–Kier alpha value is -0.890. The van der Waals surface area contributed by atoms with Crippen LogP contribution in [0.2, 0.25) is 0 Å². The van der Waals surface area contributed by atoms with Gasteiger partial charge in [0.2, 0.25) is 5.91 Å². The van der Waals surface area contributed by atoms with Crippen molar-refractivity contribution in [1.29, 1.82) is 0 Å². The molecule has 2 aliphatic carbocycles. The molecule has 0 aromatic heterocycles. The second-order valence-corrected chi connectivity index (χ2v) is 11.3. The van der Waals surface area contributed by atoms with Crippen LogP contribution in [0.15, 0.2) is 0 Å². The average Bonchev–Trinajstić information content (AvgIpc) is 3.31. The first kappa shape index (κ1) is 26.2. The number of piperidine rings is 1. The number of halogens is 1. The first-order valence-electron chi connectivity index (χ1n) is 13.0. The van der Waals surface area contributed by atoms with E-state index in [-0.39, 0.29) is 30.0 Å². The van der Waals surface area contributed by atoms with E-state index in [0.29, 0.717) is 25.0 Å². The van der Waals surface area contributed by atoms with E-state index in [1.165, 1.54) is 12.8 Å². The Balaban J connectivity index is 1.17. The zero-order valence-corrected chi connectivity index (χ0v) is 20.7. The summed E-state index contributed by atoms with van der Waals surface area (Å²) < 4.78 is 39.5. The van der Waals surface area contributed by atoms with E-state index in [0.717, 1.165) is 64.6 Å². The first-order chi connectivity index (χ1) is 16.4. The van der Waals surface area contributed by atoms with Gasteiger partial charge in [-0.3, -0.25) is 10.1 Å². The maximum atomic E-state index is 13.0. The second kappa shape index (κ2) is 12.4. The van der Waals surface area contributed by atoms with Crippen molar-refractivity contribution in [3.63, 3.8) is 0 Å². The molecule has 196 valence electrons. The Morgan fingerprint density at radius 1 is 0.971 bits per heavy atom. The molecule has 6 atom stereocenters. The molecule has 6 N–H and O–H groups in total. The Morgan fingerprint density at radius 2 is 1.76 bits per heavy atom. The van der Waals surface area contributed by atoms with Gasteiger partial charge in [-0.15, -0.1) is 0 Å². The van der Waals surface area contributed by atoms with Gasteiger partial charge in [0.15, 0.2) is 0 Å². The van der Waals surface area contributed by atoms with Crippen molar-refractivity contribution >= 4 is 16.4 Å². The minimum atomic E-state index is -4.99. The van der Waals surface area contributed by atoms with E-state index < -0.39 is 16.6 Å². The average molecular weight is 505 g/mol. The van der Waals surface area contributed by atoms with Crippen LogP contribution < -0.4 is 32.1 Å². The summed E-state index contributed by atoms with van der Waals surface area (Å²) in [5.74, 6) is 0.384. The molecule has 2 saturated heterocycles. The third kappa shape index (κ3) is 7.81. The van der Waals surface area contributed by atoms with Crippen LogP contribution in [0.25, 0.3) is 0 Å². The highest BCUT2D eigenvalue weighted by molar-refractivity contribution is 7.81. The van der Waals surface area contributed by atoms with Gasteiger partial charge in [0, 0.05) is 31.0 Å². The molecular formula is C22H41FN6O4S. The second-order valence-electron chi connectivity index (χ2n) is 10.4. The van der Waals surface area contributed by atoms with Crippen molar-refractivity contribution in [2.24, 2.45) is 17.8 Å². The molecule has 34 heavy (non-hydrogen) atoms. The number of rotatable bonds is 9. The normalized spacial score (nSPS) is 35.8. The third-order valence-electron chi connectivity index (χ3n) is 7.92. The van der Waals surface area contributed by atoms with Crippen molar-refractivity contribution in [1.82, 2.24) is 32.1 Å². The lowest BCUT2D eigenvalue weighted by molar-refractivity contribution is -0.126. The first-order valence-corrected chi connectivity index (χ1v) is 14.3. The maximum Gasteiger partial charge on any atom is 0.437 e. The molecule has 6 unspecified atom stereocenters. The molecule has 0 aromatic carbocycles. The molecule has 2 saturated carbocycles. The minimum absolute atomic E-state index is 0.00341. The van der Waals surface area contributed by atoms with Crippen molar-refractivity contribution in [2.75, 3.05) is 26.2 Å². The summed E-state index contributed by atoms with van der Waals surface area (Å²) in [6.07, 6.45) is 8.73. The Morgan fingerprint density at radius 3 is 2.56 bits per heavy atom. The van der Waals surface area contributed by atoms with E-state index in [1.807, 2.05) is 0 Å². The molecule has 4 aliphatic rings. The summed E-state index contributed by atoms with van der Waals surface area (Å²) in [6.45, 7) is 3.25. The molecule has 2 heterocycles. The Labute approximate surface area is 202 Å². The molecule has 12 heteroatoms. The highest BCUT2D eigenvalue weighted by Gasteiger charge is 2.34. The van der Waals surface area contributed by atoms with Crippen LogP contribution >= 0.6 is 0 Å². The van der Waals surface area contributed by atoms with Crippen LogP contribution in [0.4, 0.5) is 3.89 Å². The third-order valence-corrected chi connectivity index (χ3v) is 8.40. The standard InChI is InChI=1S/C22H41FN6O4S/c23-34(31,32)33-19-7-2-1-4-17(19)13-26-22(30)16-5-3-6-18(12-16)25-14-20-27-21(29-28-20)15-8-10-24-11-9-15/h15-21,24-25,27-29H,1-14H2,(H,26,30). The molecular weight excluding hydrogens is 463 g/mol. The number of nitrogens with one attached hydrogen (secondary N) is 6. The lowest BCUT2D eigenvalue weighted by Gasteiger charge is -2.32. The van der Waals surface area contributed by atoms with E-state index in [2.05, 4.69) is 36.3 Å². The zero-order chi connectivity index (χ0) is 24.0. The molecule has 0 aromatic rings. The van der Waals surface area contributed by atoms with Crippen LogP contribution in [0.5, 0.6) is 0 Å². The van der Waals surface area contributed by atoms with E-state index in [1.54, 1.807) is 0 Å². The van der Waals surface area contributed by atoms with Crippen LogP contribution in [-0.2, 0) is 19.5 Å². The number of amides is 1. The summed E-state index contributed by atoms with van der Waals surface area (Å²) in [7, 11) is -4.99. The summed E-state index contributed by atoms with van der Waals surface area (Å²) in [5, 5.41) is 13.7. The fourth-order valence-electron chi connectivity index (χ4n) is 5.99. The summed E-state index contributed by atoms with van der Waals surface area (Å²) in [5.41, 5.74) is 6.74. The Kier molecular flexibility index (Phi) is 9.53. The van der Waals surface area contributed by atoms with Gasteiger partial charge in [0.1, 0.15) is 0 Å². The van der Waals surface area contributed by atoms with Crippen molar-refractivity contribution in [3.8, 4) is 0 Å². The summed E-state index contributed by atoms with van der Waals surface area (Å²) in [4.78, 5) is 12.8. The van der Waals surface area contributed by atoms with Gasteiger partial charge in [0.05, 0.1) is 18.4 Å². The molecule has 0 spiro atoms. The van der Waals surface area contributed by atoms with Crippen LogP contribution in [0.3, 0.4) is 0 Å². The molecule has 0 bridgehead atoms. The van der Waals surface area contributed by atoms with Gasteiger partial charge in [-0.2, -0.15) is 8.42 Å². The number of hydrazine groups is 1. The molecule has 4 rings (SSSR count). The van der Waals surface area contributed by atoms with Gasteiger partial charge < -0.3 is 16.0 Å². The zero-order valence-electron chi connectivity index (χ0n) is 19.9. The van der Waals surface area contributed by atoms with Crippen molar-refractivity contribution < 1.29 is 21.3 Å². The lowest BCUT2D eigenvalue weighted by Crippen LogP contribution is -2.49. The van der Waals surface area contributed by atoms with Crippen molar-refractivity contribution in [2.45, 2.75) is 88.7 Å². The molecule has 4 fully saturated rings. The minimum Gasteiger partial charge on any atom is -0.355 e. The molecule has 0 radical (unpaired) electrons. The summed E-state index contributed by atoms with van der Waals surface area (Å²) in [6, 6.07) is 0.286. The van der Waals surface area contributed by atoms with E-state index in [9.17, 15) is 17.1 Å². The van der Waals surface area contributed by atoms with Gasteiger partial charge in [0.25, 0.3) is 0 Å². The highest BCUT2D eigenvalue weighted by Crippen LogP contribution is 2.29. The number of hydrogen-bond acceptors (Lipinski definition) is 9.